The average Bonchev–Trinajstić information content (AvgIpc) is 2.25. The van der Waals surface area contributed by atoms with Gasteiger partial charge in [0.15, 0.2) is 0 Å². The zero-order valence-corrected chi connectivity index (χ0v) is 8.87. The molecule has 0 radical (unpaired) electrons. The molecule has 3 nitrogen and oxygen atoms in total. The van der Waals surface area contributed by atoms with Crippen molar-refractivity contribution in [1.82, 2.24) is 0 Å². The van der Waals surface area contributed by atoms with Crippen LogP contribution in [0, 0.1) is 0 Å². The summed E-state index contributed by atoms with van der Waals surface area (Å²) in [5.74, 6) is 1.08. The normalized spacial score (nSPS) is 12.3. The first kappa shape index (κ1) is 11.8. The molecule has 0 unspecified atom stereocenters. The van der Waals surface area contributed by atoms with Crippen LogP contribution < -0.4 is 9.47 Å². The van der Waals surface area contributed by atoms with Gasteiger partial charge in [0.25, 0.3) is 0 Å². The molecule has 1 aromatic rings. The molecule has 4 heteroatoms. The van der Waals surface area contributed by atoms with Gasteiger partial charge in [0.05, 0.1) is 13.2 Å². The van der Waals surface area contributed by atoms with Gasteiger partial charge in [-0.25, -0.2) is 4.39 Å². The SMILES string of the molecule is COc1ccc([C@@H](C)O)c(OCCF)c1. The van der Waals surface area contributed by atoms with Crippen LogP contribution in [0.5, 0.6) is 11.5 Å². The molecule has 0 aliphatic rings. The molecule has 0 fully saturated rings. The maximum atomic E-state index is 12.0. The third kappa shape index (κ3) is 3.09. The van der Waals surface area contributed by atoms with E-state index < -0.39 is 12.8 Å². The van der Waals surface area contributed by atoms with Crippen molar-refractivity contribution in [3.63, 3.8) is 0 Å². The van der Waals surface area contributed by atoms with Crippen LogP contribution in [0.3, 0.4) is 0 Å². The van der Waals surface area contributed by atoms with E-state index >= 15 is 0 Å². The van der Waals surface area contributed by atoms with Gasteiger partial charge in [-0.15, -0.1) is 0 Å². The summed E-state index contributed by atoms with van der Waals surface area (Å²) in [7, 11) is 1.54. The highest BCUT2D eigenvalue weighted by Crippen LogP contribution is 2.29. The number of alkyl halides is 1. The molecule has 0 aliphatic heterocycles. The average molecular weight is 214 g/mol. The Kier molecular flexibility index (Phi) is 4.37. The van der Waals surface area contributed by atoms with Crippen LogP contribution in [0.4, 0.5) is 4.39 Å². The maximum absolute atomic E-state index is 12.0. The van der Waals surface area contributed by atoms with Gasteiger partial charge in [0.1, 0.15) is 24.8 Å². The summed E-state index contributed by atoms with van der Waals surface area (Å²) in [6, 6.07) is 5.07. The van der Waals surface area contributed by atoms with Crippen LogP contribution in [-0.2, 0) is 0 Å². The Balaban J connectivity index is 2.94. The number of ether oxygens (including phenoxy) is 2. The van der Waals surface area contributed by atoms with Crippen molar-refractivity contribution >= 4 is 0 Å². The molecule has 0 saturated carbocycles. The van der Waals surface area contributed by atoms with Gasteiger partial charge in [-0.3, -0.25) is 0 Å². The Morgan fingerprint density at radius 3 is 2.73 bits per heavy atom. The molecular weight excluding hydrogens is 199 g/mol. The van der Waals surface area contributed by atoms with E-state index in [0.717, 1.165) is 0 Å². The molecule has 1 N–H and O–H groups in total. The molecule has 0 aliphatic carbocycles. The molecule has 15 heavy (non-hydrogen) atoms. The Bertz CT molecular complexity index is 313. The smallest absolute Gasteiger partial charge is 0.128 e. The lowest BCUT2D eigenvalue weighted by atomic mass is 10.1. The predicted molar refractivity (Wildman–Crippen MR) is 55.1 cm³/mol. The quantitative estimate of drug-likeness (QED) is 0.815. The van der Waals surface area contributed by atoms with Crippen molar-refractivity contribution in [2.45, 2.75) is 13.0 Å². The topological polar surface area (TPSA) is 38.7 Å². The first-order valence-electron chi connectivity index (χ1n) is 4.73. The minimum atomic E-state index is -0.648. The third-order valence-corrected chi connectivity index (χ3v) is 2.01. The minimum Gasteiger partial charge on any atom is -0.497 e. The van der Waals surface area contributed by atoms with E-state index in [2.05, 4.69) is 0 Å². The number of rotatable bonds is 5. The van der Waals surface area contributed by atoms with E-state index in [1.807, 2.05) is 0 Å². The van der Waals surface area contributed by atoms with E-state index in [-0.39, 0.29) is 6.61 Å². The fraction of sp³-hybridized carbons (Fsp3) is 0.455. The van der Waals surface area contributed by atoms with Gasteiger partial charge in [-0.2, -0.15) is 0 Å². The van der Waals surface area contributed by atoms with Gasteiger partial charge in [-0.1, -0.05) is 0 Å². The van der Waals surface area contributed by atoms with Gasteiger partial charge in [0, 0.05) is 11.6 Å². The summed E-state index contributed by atoms with van der Waals surface area (Å²) in [6.07, 6.45) is -0.648. The molecule has 0 bridgehead atoms. The zero-order chi connectivity index (χ0) is 11.3. The summed E-state index contributed by atoms with van der Waals surface area (Å²) >= 11 is 0. The second-order valence-electron chi connectivity index (χ2n) is 3.12. The number of hydrogen-bond donors (Lipinski definition) is 1. The summed E-state index contributed by atoms with van der Waals surface area (Å²) in [5.41, 5.74) is 0.629. The van der Waals surface area contributed by atoms with Crippen LogP contribution in [0.15, 0.2) is 18.2 Å². The molecule has 0 amide bonds. The van der Waals surface area contributed by atoms with Crippen LogP contribution in [0.25, 0.3) is 0 Å². The van der Waals surface area contributed by atoms with E-state index in [4.69, 9.17) is 9.47 Å². The van der Waals surface area contributed by atoms with Crippen LogP contribution in [-0.4, -0.2) is 25.5 Å². The van der Waals surface area contributed by atoms with E-state index in [1.54, 1.807) is 25.1 Å². The number of aliphatic hydroxyl groups excluding tert-OH is 1. The first-order valence-corrected chi connectivity index (χ1v) is 4.73. The number of hydrogen-bond acceptors (Lipinski definition) is 3. The van der Waals surface area contributed by atoms with Crippen molar-refractivity contribution in [2.24, 2.45) is 0 Å². The molecular formula is C11H15FO3. The first-order chi connectivity index (χ1) is 7.19. The van der Waals surface area contributed by atoms with Gasteiger partial charge in [0.2, 0.25) is 0 Å². The molecule has 1 atom stereocenters. The maximum Gasteiger partial charge on any atom is 0.128 e. The minimum absolute atomic E-state index is 0.0209. The monoisotopic (exact) mass is 214 g/mol. The van der Waals surface area contributed by atoms with Gasteiger partial charge in [-0.05, 0) is 19.1 Å². The van der Waals surface area contributed by atoms with Crippen LogP contribution >= 0.6 is 0 Å². The van der Waals surface area contributed by atoms with Gasteiger partial charge < -0.3 is 14.6 Å². The second kappa shape index (κ2) is 5.56. The lowest BCUT2D eigenvalue weighted by Gasteiger charge is -2.13. The summed E-state index contributed by atoms with van der Waals surface area (Å²) in [4.78, 5) is 0. The van der Waals surface area contributed by atoms with E-state index in [9.17, 15) is 9.50 Å². The van der Waals surface area contributed by atoms with Gasteiger partial charge >= 0.3 is 0 Å². The standard InChI is InChI=1S/C11H15FO3/c1-8(13)10-4-3-9(14-2)7-11(10)15-6-5-12/h3-4,7-8,13H,5-6H2,1-2H3/t8-/m1/s1. The van der Waals surface area contributed by atoms with Crippen LogP contribution in [0.1, 0.15) is 18.6 Å². The van der Waals surface area contributed by atoms with Crippen LogP contribution in [0.2, 0.25) is 0 Å². The molecule has 0 spiro atoms. The number of halogens is 1. The van der Waals surface area contributed by atoms with Crippen molar-refractivity contribution in [1.29, 1.82) is 0 Å². The highest BCUT2D eigenvalue weighted by Gasteiger charge is 2.10. The Morgan fingerprint density at radius 2 is 2.20 bits per heavy atom. The fourth-order valence-electron chi connectivity index (χ4n) is 1.26. The zero-order valence-electron chi connectivity index (χ0n) is 8.87. The molecule has 0 aromatic heterocycles. The molecule has 84 valence electrons. The molecule has 1 rings (SSSR count). The lowest BCUT2D eigenvalue weighted by molar-refractivity contribution is 0.188. The predicted octanol–water partition coefficient (Wildman–Crippen LogP) is 2.10. The fourth-order valence-corrected chi connectivity index (χ4v) is 1.26. The number of aliphatic hydroxyl groups is 1. The summed E-state index contributed by atoms with van der Waals surface area (Å²) in [6.45, 7) is 1.05. The van der Waals surface area contributed by atoms with E-state index in [0.29, 0.717) is 17.1 Å². The lowest BCUT2D eigenvalue weighted by Crippen LogP contribution is -2.03. The molecule has 0 saturated heterocycles. The second-order valence-corrected chi connectivity index (χ2v) is 3.12. The Morgan fingerprint density at radius 1 is 1.47 bits per heavy atom. The summed E-state index contributed by atoms with van der Waals surface area (Å²) < 4.78 is 22.2. The Hall–Kier alpha value is -1.29. The summed E-state index contributed by atoms with van der Waals surface area (Å²) in [5, 5.41) is 9.45. The third-order valence-electron chi connectivity index (χ3n) is 2.01. The molecule has 1 aromatic carbocycles. The van der Waals surface area contributed by atoms with Crippen molar-refractivity contribution in [3.05, 3.63) is 23.8 Å². The van der Waals surface area contributed by atoms with E-state index in [1.165, 1.54) is 7.11 Å². The van der Waals surface area contributed by atoms with Crippen molar-refractivity contribution in [3.8, 4) is 11.5 Å². The van der Waals surface area contributed by atoms with Crippen molar-refractivity contribution < 1.29 is 19.0 Å². The highest BCUT2D eigenvalue weighted by molar-refractivity contribution is 5.41. The Labute approximate surface area is 88.4 Å². The number of methoxy groups -OCH3 is 1. The largest absolute Gasteiger partial charge is 0.497 e. The molecule has 0 heterocycles. The highest BCUT2D eigenvalue weighted by atomic mass is 19.1. The van der Waals surface area contributed by atoms with Crippen molar-refractivity contribution in [2.75, 3.05) is 20.4 Å². The number of benzene rings is 1.